The van der Waals surface area contributed by atoms with E-state index in [1.54, 1.807) is 6.20 Å². The molecule has 0 bridgehead atoms. The molecule has 0 spiro atoms. The van der Waals surface area contributed by atoms with Gasteiger partial charge in [-0.1, -0.05) is 6.92 Å². The first kappa shape index (κ1) is 13.5. The second-order valence-electron chi connectivity index (χ2n) is 4.84. The van der Waals surface area contributed by atoms with Crippen molar-refractivity contribution in [3.63, 3.8) is 0 Å². The smallest absolute Gasteiger partial charge is 0.283 e. The molecular formula is C12H19BrN4O. The maximum Gasteiger partial charge on any atom is 0.283 e. The summed E-state index contributed by atoms with van der Waals surface area (Å²) in [7, 11) is 0. The van der Waals surface area contributed by atoms with Crippen LogP contribution in [0.15, 0.2) is 15.5 Å². The third-order valence-electron chi connectivity index (χ3n) is 3.58. The average molecular weight is 315 g/mol. The Morgan fingerprint density at radius 3 is 2.94 bits per heavy atom. The van der Waals surface area contributed by atoms with Gasteiger partial charge in [0, 0.05) is 25.7 Å². The van der Waals surface area contributed by atoms with Crippen molar-refractivity contribution in [1.82, 2.24) is 9.78 Å². The van der Waals surface area contributed by atoms with Gasteiger partial charge < -0.3 is 10.6 Å². The molecule has 2 unspecified atom stereocenters. The first-order chi connectivity index (χ1) is 8.54. The van der Waals surface area contributed by atoms with Crippen LogP contribution in [0.25, 0.3) is 0 Å². The number of halogens is 1. The predicted molar refractivity (Wildman–Crippen MR) is 75.8 cm³/mol. The molecule has 0 amide bonds. The Morgan fingerprint density at radius 2 is 2.33 bits per heavy atom. The minimum atomic E-state index is -0.0717. The molecule has 2 heterocycles. The molecule has 5 nitrogen and oxygen atoms in total. The SMILES string of the molecule is CCn1ncc(N2CCC(N)C(C)C2)c(Br)c1=O. The summed E-state index contributed by atoms with van der Waals surface area (Å²) in [5.41, 5.74) is 6.82. The van der Waals surface area contributed by atoms with Gasteiger partial charge >= 0.3 is 0 Å². The van der Waals surface area contributed by atoms with E-state index in [9.17, 15) is 4.79 Å². The number of aromatic nitrogens is 2. The highest BCUT2D eigenvalue weighted by Crippen LogP contribution is 2.26. The van der Waals surface area contributed by atoms with Gasteiger partial charge in [0.25, 0.3) is 5.56 Å². The van der Waals surface area contributed by atoms with Crippen LogP contribution in [-0.2, 0) is 6.54 Å². The van der Waals surface area contributed by atoms with Crippen molar-refractivity contribution in [1.29, 1.82) is 0 Å². The molecule has 1 aliphatic heterocycles. The molecule has 2 atom stereocenters. The summed E-state index contributed by atoms with van der Waals surface area (Å²) in [6.07, 6.45) is 2.71. The number of anilines is 1. The number of hydrogen-bond acceptors (Lipinski definition) is 4. The summed E-state index contributed by atoms with van der Waals surface area (Å²) in [6, 6.07) is 0.254. The van der Waals surface area contributed by atoms with Gasteiger partial charge in [0.05, 0.1) is 11.9 Å². The second-order valence-corrected chi connectivity index (χ2v) is 5.63. The van der Waals surface area contributed by atoms with Crippen molar-refractivity contribution in [2.45, 2.75) is 32.9 Å². The van der Waals surface area contributed by atoms with Crippen molar-refractivity contribution >= 4 is 21.6 Å². The Labute approximate surface area is 115 Å². The zero-order valence-corrected chi connectivity index (χ0v) is 12.4. The molecular weight excluding hydrogens is 296 g/mol. The number of rotatable bonds is 2. The summed E-state index contributed by atoms with van der Waals surface area (Å²) in [5.74, 6) is 0.430. The highest BCUT2D eigenvalue weighted by Gasteiger charge is 2.25. The van der Waals surface area contributed by atoms with Crippen molar-refractivity contribution in [2.75, 3.05) is 18.0 Å². The number of piperidine rings is 1. The van der Waals surface area contributed by atoms with E-state index in [2.05, 4.69) is 32.9 Å². The van der Waals surface area contributed by atoms with E-state index in [0.29, 0.717) is 16.9 Å². The molecule has 2 rings (SSSR count). The van der Waals surface area contributed by atoms with Crippen LogP contribution >= 0.6 is 15.9 Å². The highest BCUT2D eigenvalue weighted by molar-refractivity contribution is 9.10. The Kier molecular flexibility index (Phi) is 4.07. The average Bonchev–Trinajstić information content (AvgIpc) is 2.36. The van der Waals surface area contributed by atoms with Crippen LogP contribution in [0.1, 0.15) is 20.3 Å². The molecule has 6 heteroatoms. The summed E-state index contributed by atoms with van der Waals surface area (Å²) < 4.78 is 2.05. The van der Waals surface area contributed by atoms with Gasteiger partial charge in [0.15, 0.2) is 0 Å². The molecule has 1 aromatic rings. The van der Waals surface area contributed by atoms with Gasteiger partial charge in [-0.15, -0.1) is 0 Å². The monoisotopic (exact) mass is 314 g/mol. The molecule has 0 saturated carbocycles. The summed E-state index contributed by atoms with van der Waals surface area (Å²) in [6.45, 7) is 6.38. The Bertz CT molecular complexity index is 487. The fraction of sp³-hybridized carbons (Fsp3) is 0.667. The lowest BCUT2D eigenvalue weighted by molar-refractivity contribution is 0.382. The van der Waals surface area contributed by atoms with Crippen LogP contribution in [0, 0.1) is 5.92 Å². The van der Waals surface area contributed by atoms with Gasteiger partial charge in [-0.3, -0.25) is 4.79 Å². The van der Waals surface area contributed by atoms with Crippen LogP contribution in [-0.4, -0.2) is 28.9 Å². The lowest BCUT2D eigenvalue weighted by atomic mass is 9.94. The van der Waals surface area contributed by atoms with Gasteiger partial charge in [0.1, 0.15) is 4.47 Å². The summed E-state index contributed by atoms with van der Waals surface area (Å²) in [4.78, 5) is 14.2. The van der Waals surface area contributed by atoms with Crippen molar-refractivity contribution in [2.24, 2.45) is 11.7 Å². The van der Waals surface area contributed by atoms with Gasteiger partial charge in [-0.05, 0) is 35.2 Å². The number of nitrogens with zero attached hydrogens (tertiary/aromatic N) is 3. The number of nitrogens with two attached hydrogens (primary N) is 1. The molecule has 1 saturated heterocycles. The third-order valence-corrected chi connectivity index (χ3v) is 4.32. The summed E-state index contributed by atoms with van der Waals surface area (Å²) in [5, 5.41) is 4.18. The van der Waals surface area contributed by atoms with E-state index in [0.717, 1.165) is 25.2 Å². The van der Waals surface area contributed by atoms with Crippen LogP contribution in [0.5, 0.6) is 0 Å². The quantitative estimate of drug-likeness (QED) is 0.891. The topological polar surface area (TPSA) is 64.2 Å². The molecule has 0 aromatic carbocycles. The lowest BCUT2D eigenvalue weighted by Gasteiger charge is -2.36. The molecule has 1 fully saturated rings. The van der Waals surface area contributed by atoms with E-state index < -0.39 is 0 Å². The summed E-state index contributed by atoms with van der Waals surface area (Å²) >= 11 is 3.40. The van der Waals surface area contributed by atoms with Crippen molar-refractivity contribution in [3.8, 4) is 0 Å². The Morgan fingerprint density at radius 1 is 1.61 bits per heavy atom. The first-order valence-corrected chi connectivity index (χ1v) is 7.10. The van der Waals surface area contributed by atoms with E-state index in [-0.39, 0.29) is 11.6 Å². The Hall–Kier alpha value is -0.880. The second kappa shape index (κ2) is 5.40. The first-order valence-electron chi connectivity index (χ1n) is 6.30. The zero-order chi connectivity index (χ0) is 13.3. The van der Waals surface area contributed by atoms with Crippen LogP contribution < -0.4 is 16.2 Å². The zero-order valence-electron chi connectivity index (χ0n) is 10.8. The molecule has 1 aliphatic rings. The van der Waals surface area contributed by atoms with Gasteiger partial charge in [-0.25, -0.2) is 4.68 Å². The standard InChI is InChI=1S/C12H19BrN4O/c1-3-17-12(18)11(13)10(6-15-17)16-5-4-9(14)8(2)7-16/h6,8-9H,3-5,7,14H2,1-2H3. The molecule has 100 valence electrons. The van der Waals surface area contributed by atoms with Gasteiger partial charge in [-0.2, -0.15) is 5.10 Å². The maximum absolute atomic E-state index is 12.0. The van der Waals surface area contributed by atoms with E-state index in [1.807, 2.05) is 6.92 Å². The predicted octanol–water partition coefficient (Wildman–Crippen LogP) is 1.20. The van der Waals surface area contributed by atoms with Crippen molar-refractivity contribution in [3.05, 3.63) is 21.0 Å². The maximum atomic E-state index is 12.0. The fourth-order valence-electron chi connectivity index (χ4n) is 2.28. The highest BCUT2D eigenvalue weighted by atomic mass is 79.9. The molecule has 0 radical (unpaired) electrons. The normalized spacial score (nSPS) is 24.3. The van der Waals surface area contributed by atoms with Crippen LogP contribution in [0.2, 0.25) is 0 Å². The minimum absolute atomic E-state index is 0.0717. The molecule has 0 aliphatic carbocycles. The lowest BCUT2D eigenvalue weighted by Crippen LogP contribution is -2.46. The van der Waals surface area contributed by atoms with E-state index >= 15 is 0 Å². The van der Waals surface area contributed by atoms with Crippen LogP contribution in [0.4, 0.5) is 5.69 Å². The fourth-order valence-corrected chi connectivity index (χ4v) is 2.84. The largest absolute Gasteiger partial charge is 0.369 e. The van der Waals surface area contributed by atoms with Crippen LogP contribution in [0.3, 0.4) is 0 Å². The number of hydrogen-bond donors (Lipinski definition) is 1. The molecule has 2 N–H and O–H groups in total. The van der Waals surface area contributed by atoms with Gasteiger partial charge in [0.2, 0.25) is 0 Å². The van der Waals surface area contributed by atoms with E-state index in [1.165, 1.54) is 4.68 Å². The number of aryl methyl sites for hydroxylation is 1. The Balaban J connectivity index is 2.29. The van der Waals surface area contributed by atoms with E-state index in [4.69, 9.17) is 5.73 Å². The molecule has 18 heavy (non-hydrogen) atoms. The molecule has 1 aromatic heterocycles. The minimum Gasteiger partial charge on any atom is -0.369 e. The van der Waals surface area contributed by atoms with Crippen molar-refractivity contribution < 1.29 is 0 Å². The third kappa shape index (κ3) is 2.44.